The van der Waals surface area contributed by atoms with Crippen LogP contribution in [0, 0.1) is 17.8 Å². The fourth-order valence-corrected chi connectivity index (χ4v) is 9.44. The van der Waals surface area contributed by atoms with Gasteiger partial charge in [-0.25, -0.2) is 0 Å². The third kappa shape index (κ3) is 14.3. The van der Waals surface area contributed by atoms with Crippen LogP contribution in [0.5, 0.6) is 11.5 Å². The number of hydrogen-bond acceptors (Lipinski definition) is 7. The molecule has 1 aliphatic heterocycles. The molecule has 1 saturated heterocycles. The van der Waals surface area contributed by atoms with Crippen LogP contribution in [0.1, 0.15) is 131 Å². The maximum atomic E-state index is 14.1. The number of aldehydes is 1. The predicted octanol–water partition coefficient (Wildman–Crippen LogP) is 12.7. The SMILES string of the molecule is CC1CCC(O)CC1.CC1CCC(Oc2ccc3cc(C=O)ccc3c2C(F)(F)F)CC1.CC1CCC(Oc2ccc3cc(CN4CCOC(CC(=O)O)C4)ccc3c2C(F)(F)F)CC1. The minimum atomic E-state index is -4.52. The number of hydrogen-bond donors (Lipinski definition) is 2. The van der Waals surface area contributed by atoms with Crippen molar-refractivity contribution in [3.8, 4) is 11.5 Å². The van der Waals surface area contributed by atoms with Crippen molar-refractivity contribution in [3.05, 3.63) is 82.9 Å². The molecule has 8 rings (SSSR count). The zero-order valence-corrected chi connectivity index (χ0v) is 37.6. The zero-order chi connectivity index (χ0) is 46.9. The van der Waals surface area contributed by atoms with Gasteiger partial charge in [-0.1, -0.05) is 57.2 Å². The number of aliphatic hydroxyl groups is 1. The Morgan fingerprint density at radius 2 is 1.17 bits per heavy atom. The summed E-state index contributed by atoms with van der Waals surface area (Å²) in [4.78, 5) is 23.9. The molecule has 1 atom stereocenters. The average molecular weight is 916 g/mol. The second-order valence-corrected chi connectivity index (χ2v) is 18.8. The summed E-state index contributed by atoms with van der Waals surface area (Å²) in [7, 11) is 0. The van der Waals surface area contributed by atoms with Crippen molar-refractivity contribution in [2.75, 3.05) is 19.7 Å². The first-order chi connectivity index (χ1) is 30.9. The summed E-state index contributed by atoms with van der Waals surface area (Å²) in [6.45, 7) is 8.65. The number of carbonyl (C=O) groups excluding carboxylic acids is 1. The van der Waals surface area contributed by atoms with Gasteiger partial charge in [0.1, 0.15) is 28.9 Å². The fourth-order valence-electron chi connectivity index (χ4n) is 9.44. The van der Waals surface area contributed by atoms with E-state index in [2.05, 4.69) is 25.7 Å². The van der Waals surface area contributed by atoms with Crippen LogP contribution in [0.3, 0.4) is 0 Å². The molecule has 3 aliphatic carbocycles. The maximum absolute atomic E-state index is 14.1. The maximum Gasteiger partial charge on any atom is 0.420 e. The average Bonchev–Trinajstić information content (AvgIpc) is 3.25. The summed E-state index contributed by atoms with van der Waals surface area (Å²) in [6, 6.07) is 15.3. The number of carboxylic acid groups (broad SMARTS) is 1. The van der Waals surface area contributed by atoms with Gasteiger partial charge in [-0.2, -0.15) is 26.3 Å². The predicted molar refractivity (Wildman–Crippen MR) is 238 cm³/mol. The highest BCUT2D eigenvalue weighted by Crippen LogP contribution is 2.44. The Morgan fingerprint density at radius 1 is 0.692 bits per heavy atom. The van der Waals surface area contributed by atoms with E-state index in [4.69, 9.17) is 24.4 Å². The van der Waals surface area contributed by atoms with E-state index in [1.165, 1.54) is 49.2 Å². The molecule has 4 fully saturated rings. The van der Waals surface area contributed by atoms with Crippen molar-refractivity contribution < 1.29 is 60.4 Å². The largest absolute Gasteiger partial charge is 0.490 e. The molecule has 0 bridgehead atoms. The minimum absolute atomic E-state index is 0.0196. The van der Waals surface area contributed by atoms with E-state index >= 15 is 0 Å². The van der Waals surface area contributed by atoms with Crippen molar-refractivity contribution in [3.63, 3.8) is 0 Å². The number of rotatable bonds is 9. The lowest BCUT2D eigenvalue weighted by Crippen LogP contribution is -2.42. The van der Waals surface area contributed by atoms with E-state index in [0.717, 1.165) is 75.7 Å². The van der Waals surface area contributed by atoms with Crippen LogP contribution in [-0.2, 0) is 28.4 Å². The van der Waals surface area contributed by atoms with Crippen molar-refractivity contribution in [1.29, 1.82) is 0 Å². The zero-order valence-electron chi connectivity index (χ0n) is 37.6. The van der Waals surface area contributed by atoms with E-state index in [1.807, 2.05) is 0 Å². The smallest absolute Gasteiger partial charge is 0.420 e. The Labute approximate surface area is 377 Å². The molecule has 14 heteroatoms. The van der Waals surface area contributed by atoms with Crippen molar-refractivity contribution in [2.24, 2.45) is 17.8 Å². The van der Waals surface area contributed by atoms with Crippen LogP contribution < -0.4 is 9.47 Å². The number of carbonyl (C=O) groups is 2. The van der Waals surface area contributed by atoms with Crippen LogP contribution in [-0.4, -0.2) is 71.5 Å². The van der Waals surface area contributed by atoms with E-state index in [1.54, 1.807) is 24.3 Å². The van der Waals surface area contributed by atoms with Crippen LogP contribution in [0.2, 0.25) is 0 Å². The first-order valence-corrected chi connectivity index (χ1v) is 23.1. The van der Waals surface area contributed by atoms with Gasteiger partial charge in [0.2, 0.25) is 0 Å². The quantitative estimate of drug-likeness (QED) is 0.126. The van der Waals surface area contributed by atoms with Gasteiger partial charge in [0, 0.05) is 25.2 Å². The van der Waals surface area contributed by atoms with Crippen molar-refractivity contribution in [1.82, 2.24) is 4.90 Å². The van der Waals surface area contributed by atoms with Gasteiger partial charge in [0.15, 0.2) is 0 Å². The van der Waals surface area contributed by atoms with Gasteiger partial charge in [-0.05, 0) is 146 Å². The van der Waals surface area contributed by atoms with Crippen LogP contribution in [0.15, 0.2) is 60.7 Å². The standard InChI is InChI=1S/C25H30F3NO4.C19H19F3O2.C7H14O/c1-16-2-6-19(7-3-16)33-22-9-5-18-12-17(4-8-21(18)24(22)25(26,27)28)14-29-10-11-32-20(15-29)13-23(30)31;1-12-2-6-15(7-3-12)24-17-9-5-14-10-13(11-23)4-8-16(14)18(17)19(20,21)22;1-6-2-4-7(8)5-3-6/h4-5,8-9,12,16,19-20H,2-3,6-7,10-11,13-15H2,1H3,(H,30,31);4-5,8-12,15H,2-3,6-7H2,1H3;6-8H,2-5H2,1H3. The number of ether oxygens (including phenoxy) is 3. The molecular formula is C51H63F6NO7. The van der Waals surface area contributed by atoms with E-state index in [0.29, 0.717) is 60.7 Å². The Balaban J connectivity index is 0.000000190. The van der Waals surface area contributed by atoms with E-state index in [9.17, 15) is 35.9 Å². The van der Waals surface area contributed by atoms with Gasteiger partial charge >= 0.3 is 18.3 Å². The van der Waals surface area contributed by atoms with Gasteiger partial charge in [-0.3, -0.25) is 14.5 Å². The molecule has 2 N–H and O–H groups in total. The highest BCUT2D eigenvalue weighted by atomic mass is 19.4. The second kappa shape index (κ2) is 22.4. The number of alkyl halides is 6. The molecule has 0 spiro atoms. The molecule has 0 radical (unpaired) electrons. The normalized spacial score (nSPS) is 25.4. The Kier molecular flexibility index (Phi) is 17.2. The molecule has 1 heterocycles. The Bertz CT molecular complexity index is 2180. The van der Waals surface area contributed by atoms with Crippen LogP contribution in [0.25, 0.3) is 21.5 Å². The number of aliphatic carboxylic acids is 1. The molecule has 4 aromatic rings. The third-order valence-electron chi connectivity index (χ3n) is 13.3. The number of morpholine rings is 1. The molecule has 1 unspecified atom stereocenters. The molecule has 0 amide bonds. The monoisotopic (exact) mass is 915 g/mol. The topological polar surface area (TPSA) is 106 Å². The summed E-state index contributed by atoms with van der Waals surface area (Å²) in [5.74, 6) is 0.935. The van der Waals surface area contributed by atoms with Crippen LogP contribution >= 0.6 is 0 Å². The number of nitrogens with zero attached hydrogens (tertiary/aromatic N) is 1. The first-order valence-electron chi connectivity index (χ1n) is 23.1. The van der Waals surface area contributed by atoms with Gasteiger partial charge < -0.3 is 24.4 Å². The van der Waals surface area contributed by atoms with Crippen LogP contribution in [0.4, 0.5) is 26.3 Å². The van der Waals surface area contributed by atoms with Gasteiger partial charge in [-0.15, -0.1) is 0 Å². The molecule has 356 valence electrons. The molecule has 65 heavy (non-hydrogen) atoms. The summed E-state index contributed by atoms with van der Waals surface area (Å²) in [6.07, 6.45) is 2.32. The molecular weight excluding hydrogens is 853 g/mol. The first kappa shape index (κ1) is 50.0. The minimum Gasteiger partial charge on any atom is -0.490 e. The molecule has 0 aromatic heterocycles. The number of aliphatic hydroxyl groups excluding tert-OH is 1. The summed E-state index contributed by atoms with van der Waals surface area (Å²) >= 11 is 0. The Morgan fingerprint density at radius 3 is 1.63 bits per heavy atom. The lowest BCUT2D eigenvalue weighted by atomic mass is 9.89. The number of benzene rings is 4. The second-order valence-electron chi connectivity index (χ2n) is 18.8. The van der Waals surface area contributed by atoms with Crippen molar-refractivity contribution >= 4 is 33.8 Å². The van der Waals surface area contributed by atoms with Gasteiger partial charge in [0.25, 0.3) is 0 Å². The highest BCUT2D eigenvalue weighted by molar-refractivity contribution is 5.93. The molecule has 3 saturated carbocycles. The fraction of sp³-hybridized carbons (Fsp3) is 0.569. The summed E-state index contributed by atoms with van der Waals surface area (Å²) in [5, 5.41) is 19.1. The van der Waals surface area contributed by atoms with E-state index in [-0.39, 0.29) is 53.1 Å². The highest BCUT2D eigenvalue weighted by Gasteiger charge is 2.39. The van der Waals surface area contributed by atoms with E-state index < -0.39 is 29.4 Å². The summed E-state index contributed by atoms with van der Waals surface area (Å²) < 4.78 is 100. The molecule has 4 aliphatic rings. The van der Waals surface area contributed by atoms with Crippen molar-refractivity contribution in [2.45, 2.75) is 148 Å². The third-order valence-corrected chi connectivity index (χ3v) is 13.3. The van der Waals surface area contributed by atoms with Gasteiger partial charge in [0.05, 0.1) is 37.4 Å². The molecule has 4 aromatic carbocycles. The lowest BCUT2D eigenvalue weighted by molar-refractivity contribution is -0.142. The lowest BCUT2D eigenvalue weighted by Gasteiger charge is -2.32. The Hall–Kier alpha value is -4.40. The molecule has 8 nitrogen and oxygen atoms in total. The number of fused-ring (bicyclic) bond motifs is 2. The number of carboxylic acids is 1. The number of halogens is 6. The summed E-state index contributed by atoms with van der Waals surface area (Å²) in [5.41, 5.74) is -0.235.